The van der Waals surface area contributed by atoms with Crippen LogP contribution in [0.4, 0.5) is 0 Å². The minimum atomic E-state index is -0.198. The molecule has 0 aromatic carbocycles. The molecule has 1 aliphatic rings. The molecule has 3 N–H and O–H groups in total. The molecule has 5 nitrogen and oxygen atoms in total. The molecule has 0 aliphatic heterocycles. The van der Waals surface area contributed by atoms with E-state index in [0.29, 0.717) is 5.96 Å². The summed E-state index contributed by atoms with van der Waals surface area (Å²) in [5.41, 5.74) is -0.198. The molecule has 0 unspecified atom stereocenters. The van der Waals surface area contributed by atoms with Gasteiger partial charge < -0.3 is 16.0 Å². The molecule has 1 amide bonds. The summed E-state index contributed by atoms with van der Waals surface area (Å²) >= 11 is 0. The summed E-state index contributed by atoms with van der Waals surface area (Å²) in [6.45, 7) is 7.08. The second-order valence-electron chi connectivity index (χ2n) is 7.30. The van der Waals surface area contributed by atoms with Crippen LogP contribution >= 0.6 is 0 Å². The third-order valence-corrected chi connectivity index (χ3v) is 3.96. The van der Waals surface area contributed by atoms with Crippen LogP contribution in [0.3, 0.4) is 0 Å². The fourth-order valence-corrected chi connectivity index (χ4v) is 2.91. The molecule has 1 fully saturated rings. The van der Waals surface area contributed by atoms with Crippen LogP contribution in [0, 0.1) is 5.92 Å². The number of amides is 1. The first-order chi connectivity index (χ1) is 10.4. The van der Waals surface area contributed by atoms with Crippen molar-refractivity contribution in [3.8, 4) is 0 Å². The summed E-state index contributed by atoms with van der Waals surface area (Å²) in [7, 11) is 1.73. The van der Waals surface area contributed by atoms with Crippen LogP contribution in [0.5, 0.6) is 0 Å². The number of unbranched alkanes of at least 4 members (excludes halogenated alkanes) is 1. The van der Waals surface area contributed by atoms with Gasteiger partial charge in [-0.2, -0.15) is 0 Å². The summed E-state index contributed by atoms with van der Waals surface area (Å²) < 4.78 is 0. The van der Waals surface area contributed by atoms with Gasteiger partial charge in [0.1, 0.15) is 0 Å². The lowest BCUT2D eigenvalue weighted by Crippen LogP contribution is -2.48. The SMILES string of the molecule is CN=C(NCCCCC1CCCC1)NCC(=O)NC(C)(C)C. The standard InChI is InChI=1S/C17H34N4O/c1-17(2,3)21-15(22)13-20-16(18-4)19-12-8-7-11-14-9-5-6-10-14/h14H,5-13H2,1-4H3,(H,21,22)(H2,18,19,20). The largest absolute Gasteiger partial charge is 0.356 e. The number of nitrogens with one attached hydrogen (secondary N) is 3. The Morgan fingerprint density at radius 1 is 1.14 bits per heavy atom. The minimum Gasteiger partial charge on any atom is -0.356 e. The van der Waals surface area contributed by atoms with Gasteiger partial charge in [0.15, 0.2) is 5.96 Å². The topological polar surface area (TPSA) is 65.5 Å². The predicted octanol–water partition coefficient (Wildman–Crippen LogP) is 2.43. The number of carbonyl (C=O) groups is 1. The molecule has 1 rings (SSSR count). The molecule has 128 valence electrons. The monoisotopic (exact) mass is 310 g/mol. The molecular formula is C17H34N4O. The fourth-order valence-electron chi connectivity index (χ4n) is 2.91. The van der Waals surface area contributed by atoms with Crippen molar-refractivity contribution in [1.29, 1.82) is 0 Å². The van der Waals surface area contributed by atoms with Crippen LogP contribution in [-0.4, -0.2) is 37.5 Å². The Balaban J connectivity index is 2.08. The highest BCUT2D eigenvalue weighted by Gasteiger charge is 2.14. The third kappa shape index (κ3) is 8.90. The molecule has 0 atom stereocenters. The van der Waals surface area contributed by atoms with Gasteiger partial charge in [0.05, 0.1) is 6.54 Å². The Bertz CT molecular complexity index is 354. The van der Waals surface area contributed by atoms with Gasteiger partial charge in [-0.15, -0.1) is 0 Å². The second kappa shape index (κ2) is 9.70. The van der Waals surface area contributed by atoms with E-state index in [1.165, 1.54) is 38.5 Å². The van der Waals surface area contributed by atoms with Gasteiger partial charge in [-0.05, 0) is 33.1 Å². The van der Waals surface area contributed by atoms with Gasteiger partial charge in [-0.3, -0.25) is 9.79 Å². The summed E-state index contributed by atoms with van der Waals surface area (Å²) in [6, 6.07) is 0. The molecule has 1 saturated carbocycles. The average Bonchev–Trinajstić information content (AvgIpc) is 2.93. The lowest BCUT2D eigenvalue weighted by Gasteiger charge is -2.21. The Morgan fingerprint density at radius 2 is 1.82 bits per heavy atom. The van der Waals surface area contributed by atoms with E-state index in [2.05, 4.69) is 20.9 Å². The molecule has 0 aromatic rings. The molecule has 22 heavy (non-hydrogen) atoms. The first-order valence-electron chi connectivity index (χ1n) is 8.66. The van der Waals surface area contributed by atoms with E-state index >= 15 is 0 Å². The first kappa shape index (κ1) is 18.8. The molecule has 5 heteroatoms. The van der Waals surface area contributed by atoms with Crippen molar-refractivity contribution in [2.24, 2.45) is 10.9 Å². The average molecular weight is 310 g/mol. The van der Waals surface area contributed by atoms with Crippen LogP contribution < -0.4 is 16.0 Å². The number of nitrogens with zero attached hydrogens (tertiary/aromatic N) is 1. The maximum absolute atomic E-state index is 11.7. The van der Waals surface area contributed by atoms with E-state index in [-0.39, 0.29) is 18.0 Å². The zero-order valence-corrected chi connectivity index (χ0v) is 14.8. The normalized spacial score (nSPS) is 16.6. The van der Waals surface area contributed by atoms with Gasteiger partial charge in [0, 0.05) is 19.1 Å². The number of aliphatic imine (C=N–C) groups is 1. The van der Waals surface area contributed by atoms with Crippen molar-refractivity contribution in [2.75, 3.05) is 20.1 Å². The summed E-state index contributed by atoms with van der Waals surface area (Å²) in [5, 5.41) is 9.24. The molecule has 0 spiro atoms. The minimum absolute atomic E-state index is 0.0170. The van der Waals surface area contributed by atoms with Gasteiger partial charge >= 0.3 is 0 Å². The number of hydrogen-bond acceptors (Lipinski definition) is 2. The van der Waals surface area contributed by atoms with Crippen molar-refractivity contribution >= 4 is 11.9 Å². The Kier molecular flexibility index (Phi) is 8.28. The number of guanidine groups is 1. The van der Waals surface area contributed by atoms with Crippen LogP contribution in [0.2, 0.25) is 0 Å². The molecule has 0 heterocycles. The van der Waals surface area contributed by atoms with Crippen molar-refractivity contribution in [3.63, 3.8) is 0 Å². The van der Waals surface area contributed by atoms with Crippen LogP contribution in [0.25, 0.3) is 0 Å². The predicted molar refractivity (Wildman–Crippen MR) is 93.1 cm³/mol. The van der Waals surface area contributed by atoms with Crippen molar-refractivity contribution in [2.45, 2.75) is 71.3 Å². The highest BCUT2D eigenvalue weighted by molar-refractivity contribution is 5.86. The van der Waals surface area contributed by atoms with E-state index in [4.69, 9.17) is 0 Å². The third-order valence-electron chi connectivity index (χ3n) is 3.96. The number of carbonyl (C=O) groups excluding carboxylic acids is 1. The van der Waals surface area contributed by atoms with E-state index in [1.54, 1.807) is 7.05 Å². The van der Waals surface area contributed by atoms with E-state index < -0.39 is 0 Å². The summed E-state index contributed by atoms with van der Waals surface area (Å²) in [6.07, 6.45) is 9.51. The van der Waals surface area contributed by atoms with Gasteiger partial charge in [-0.1, -0.05) is 38.5 Å². The molecule has 0 bridgehead atoms. The zero-order valence-electron chi connectivity index (χ0n) is 14.8. The van der Waals surface area contributed by atoms with Crippen LogP contribution in [0.15, 0.2) is 4.99 Å². The lowest BCUT2D eigenvalue weighted by atomic mass is 10.0. The van der Waals surface area contributed by atoms with E-state index in [0.717, 1.165) is 18.9 Å². The van der Waals surface area contributed by atoms with E-state index in [1.807, 2.05) is 20.8 Å². The van der Waals surface area contributed by atoms with Crippen LogP contribution in [-0.2, 0) is 4.79 Å². The van der Waals surface area contributed by atoms with Crippen molar-refractivity contribution in [1.82, 2.24) is 16.0 Å². The number of hydrogen-bond donors (Lipinski definition) is 3. The Hall–Kier alpha value is -1.26. The highest BCUT2D eigenvalue weighted by atomic mass is 16.2. The smallest absolute Gasteiger partial charge is 0.239 e. The van der Waals surface area contributed by atoms with Gasteiger partial charge in [-0.25, -0.2) is 0 Å². The molecular weight excluding hydrogens is 276 g/mol. The Labute approximate surface area is 135 Å². The summed E-state index contributed by atoms with van der Waals surface area (Å²) in [5.74, 6) is 1.65. The second-order valence-corrected chi connectivity index (χ2v) is 7.30. The molecule has 0 saturated heterocycles. The van der Waals surface area contributed by atoms with Gasteiger partial charge in [0.25, 0.3) is 0 Å². The van der Waals surface area contributed by atoms with Crippen molar-refractivity contribution in [3.05, 3.63) is 0 Å². The quantitative estimate of drug-likeness (QED) is 0.384. The molecule has 0 radical (unpaired) electrons. The van der Waals surface area contributed by atoms with Crippen LogP contribution in [0.1, 0.15) is 65.7 Å². The maximum Gasteiger partial charge on any atom is 0.239 e. The molecule has 0 aromatic heterocycles. The highest BCUT2D eigenvalue weighted by Crippen LogP contribution is 2.28. The van der Waals surface area contributed by atoms with Gasteiger partial charge in [0.2, 0.25) is 5.91 Å². The van der Waals surface area contributed by atoms with Crippen molar-refractivity contribution < 1.29 is 4.79 Å². The zero-order chi connectivity index (χ0) is 16.4. The lowest BCUT2D eigenvalue weighted by molar-refractivity contribution is -0.121. The molecule has 1 aliphatic carbocycles. The number of rotatable bonds is 7. The van der Waals surface area contributed by atoms with E-state index in [9.17, 15) is 4.79 Å². The Morgan fingerprint density at radius 3 is 2.41 bits per heavy atom. The summed E-state index contributed by atoms with van der Waals surface area (Å²) in [4.78, 5) is 15.9. The fraction of sp³-hybridized carbons (Fsp3) is 0.882. The maximum atomic E-state index is 11.7. The first-order valence-corrected chi connectivity index (χ1v) is 8.66.